The molecule has 31 heavy (non-hydrogen) atoms. The highest BCUT2D eigenvalue weighted by molar-refractivity contribution is 5.92. The quantitative estimate of drug-likeness (QED) is 0.584. The topological polar surface area (TPSA) is 67.2 Å². The largest absolute Gasteiger partial charge is 0.416 e. The summed E-state index contributed by atoms with van der Waals surface area (Å²) in [5.74, 6) is -0.269. The zero-order valence-electron chi connectivity index (χ0n) is 17.3. The van der Waals surface area contributed by atoms with E-state index in [1.165, 1.54) is 6.07 Å². The lowest BCUT2D eigenvalue weighted by Gasteiger charge is -2.41. The lowest BCUT2D eigenvalue weighted by molar-refractivity contribution is -0.137. The number of nitrogens with one attached hydrogen (secondary N) is 1. The SMILES string of the molecule is CC1(n2c(NC(=O)C[C@@](C)(O)c3ccccc3)nc3ccc(C(F)(F)F)cc32)CCC1. The van der Waals surface area contributed by atoms with Crippen molar-refractivity contribution in [2.75, 3.05) is 5.32 Å². The van der Waals surface area contributed by atoms with Gasteiger partial charge in [-0.2, -0.15) is 13.2 Å². The molecule has 0 radical (unpaired) electrons. The summed E-state index contributed by atoms with van der Waals surface area (Å²) in [6.45, 7) is 3.50. The minimum Gasteiger partial charge on any atom is -0.385 e. The van der Waals surface area contributed by atoms with Gasteiger partial charge >= 0.3 is 6.18 Å². The van der Waals surface area contributed by atoms with Gasteiger partial charge in [-0.05, 0) is 56.9 Å². The second-order valence-corrected chi connectivity index (χ2v) is 8.69. The summed E-state index contributed by atoms with van der Waals surface area (Å²) in [6.07, 6.45) is -2.18. The number of hydrogen-bond acceptors (Lipinski definition) is 3. The van der Waals surface area contributed by atoms with Crippen LogP contribution < -0.4 is 5.32 Å². The van der Waals surface area contributed by atoms with Crippen molar-refractivity contribution >= 4 is 22.9 Å². The van der Waals surface area contributed by atoms with E-state index in [9.17, 15) is 23.1 Å². The third-order valence-electron chi connectivity index (χ3n) is 6.10. The molecule has 1 amide bonds. The number of nitrogens with zero attached hydrogens (tertiary/aromatic N) is 2. The average molecular weight is 431 g/mol. The van der Waals surface area contributed by atoms with E-state index in [0.717, 1.165) is 31.4 Å². The molecule has 1 aromatic heterocycles. The highest BCUT2D eigenvalue weighted by Crippen LogP contribution is 2.44. The van der Waals surface area contributed by atoms with Crippen LogP contribution in [0.4, 0.5) is 19.1 Å². The fourth-order valence-corrected chi connectivity index (χ4v) is 4.17. The molecule has 2 N–H and O–H groups in total. The summed E-state index contributed by atoms with van der Waals surface area (Å²) in [7, 11) is 0. The highest BCUT2D eigenvalue weighted by atomic mass is 19.4. The van der Waals surface area contributed by atoms with Gasteiger partial charge in [-0.3, -0.25) is 10.1 Å². The van der Waals surface area contributed by atoms with Gasteiger partial charge in [0.2, 0.25) is 11.9 Å². The predicted octanol–water partition coefficient (Wildman–Crippen LogP) is 5.19. The van der Waals surface area contributed by atoms with E-state index in [1.807, 2.05) is 13.0 Å². The Kier molecular flexibility index (Phi) is 5.08. The molecule has 4 rings (SSSR count). The Balaban J connectivity index is 1.68. The summed E-state index contributed by atoms with van der Waals surface area (Å²) < 4.78 is 41.5. The third-order valence-corrected chi connectivity index (χ3v) is 6.10. The molecule has 5 nitrogen and oxygen atoms in total. The first-order chi connectivity index (χ1) is 14.5. The van der Waals surface area contributed by atoms with Gasteiger partial charge in [0.05, 0.1) is 28.6 Å². The molecule has 1 fully saturated rings. The molecule has 1 atom stereocenters. The van der Waals surface area contributed by atoms with E-state index in [2.05, 4.69) is 10.3 Å². The molecule has 0 spiro atoms. The van der Waals surface area contributed by atoms with Crippen molar-refractivity contribution < 1.29 is 23.1 Å². The Hall–Kier alpha value is -2.87. The van der Waals surface area contributed by atoms with Crippen molar-refractivity contribution in [3.8, 4) is 0 Å². The number of aliphatic hydroxyl groups is 1. The van der Waals surface area contributed by atoms with Gasteiger partial charge in [0.25, 0.3) is 0 Å². The second kappa shape index (κ2) is 7.37. The lowest BCUT2D eigenvalue weighted by atomic mass is 9.78. The molecule has 164 valence electrons. The van der Waals surface area contributed by atoms with Crippen molar-refractivity contribution in [2.45, 2.75) is 56.8 Å². The first-order valence-electron chi connectivity index (χ1n) is 10.2. The smallest absolute Gasteiger partial charge is 0.385 e. The van der Waals surface area contributed by atoms with E-state index in [-0.39, 0.29) is 12.4 Å². The summed E-state index contributed by atoms with van der Waals surface area (Å²) in [6, 6.07) is 12.2. The predicted molar refractivity (Wildman–Crippen MR) is 111 cm³/mol. The molecular formula is C23H24F3N3O2. The van der Waals surface area contributed by atoms with Crippen LogP contribution in [-0.4, -0.2) is 20.6 Å². The van der Waals surface area contributed by atoms with Gasteiger partial charge in [-0.1, -0.05) is 30.3 Å². The van der Waals surface area contributed by atoms with Crippen molar-refractivity contribution in [1.82, 2.24) is 9.55 Å². The lowest BCUT2D eigenvalue weighted by Crippen LogP contribution is -2.39. The van der Waals surface area contributed by atoms with Crippen molar-refractivity contribution in [3.05, 3.63) is 59.7 Å². The zero-order valence-corrected chi connectivity index (χ0v) is 17.3. The van der Waals surface area contributed by atoms with Crippen LogP contribution in [0.3, 0.4) is 0 Å². The zero-order chi connectivity index (χ0) is 22.4. The van der Waals surface area contributed by atoms with Gasteiger partial charge in [0, 0.05) is 5.54 Å². The number of benzene rings is 2. The fourth-order valence-electron chi connectivity index (χ4n) is 4.17. The average Bonchev–Trinajstić information content (AvgIpc) is 3.02. The molecule has 1 aliphatic carbocycles. The number of aromatic nitrogens is 2. The van der Waals surface area contributed by atoms with Crippen LogP contribution in [0.1, 0.15) is 50.7 Å². The van der Waals surface area contributed by atoms with E-state index in [0.29, 0.717) is 16.6 Å². The Labute approximate surface area is 177 Å². The molecule has 3 aromatic rings. The molecule has 1 saturated carbocycles. The third kappa shape index (κ3) is 4.04. The first-order valence-corrected chi connectivity index (χ1v) is 10.2. The van der Waals surface area contributed by atoms with Gasteiger partial charge < -0.3 is 9.67 Å². The van der Waals surface area contributed by atoms with E-state index in [4.69, 9.17) is 0 Å². The minimum absolute atomic E-state index is 0.199. The maximum atomic E-state index is 13.3. The van der Waals surface area contributed by atoms with Crippen LogP contribution in [0.25, 0.3) is 11.0 Å². The van der Waals surface area contributed by atoms with Crippen molar-refractivity contribution in [3.63, 3.8) is 0 Å². The van der Waals surface area contributed by atoms with E-state index in [1.54, 1.807) is 35.8 Å². The molecule has 0 aliphatic heterocycles. The number of alkyl halides is 3. The number of carbonyl (C=O) groups is 1. The molecule has 0 bridgehead atoms. The number of carbonyl (C=O) groups excluding carboxylic acids is 1. The van der Waals surface area contributed by atoms with Gasteiger partial charge in [-0.15, -0.1) is 0 Å². The van der Waals surface area contributed by atoms with Gasteiger partial charge in [0.15, 0.2) is 0 Å². The second-order valence-electron chi connectivity index (χ2n) is 8.69. The van der Waals surface area contributed by atoms with Gasteiger partial charge in [-0.25, -0.2) is 4.98 Å². The van der Waals surface area contributed by atoms with Crippen LogP contribution in [0.15, 0.2) is 48.5 Å². The van der Waals surface area contributed by atoms with Gasteiger partial charge in [0.1, 0.15) is 0 Å². The molecule has 2 aromatic carbocycles. The summed E-state index contributed by atoms with van der Waals surface area (Å²) in [5, 5.41) is 13.5. The minimum atomic E-state index is -4.47. The standard InChI is InChI=1S/C23H24F3N3O2/c1-21(11-6-12-21)29-18-13-16(23(24,25)26)9-10-17(18)27-20(29)28-19(30)14-22(2,31)15-7-4-3-5-8-15/h3-5,7-10,13,31H,6,11-12,14H2,1-2H3,(H,27,28,30)/t22-/m1/s1. The number of halogens is 3. The first kappa shape index (κ1) is 21.4. The number of amides is 1. The van der Waals surface area contributed by atoms with Crippen LogP contribution in [0.5, 0.6) is 0 Å². The van der Waals surface area contributed by atoms with Crippen molar-refractivity contribution in [1.29, 1.82) is 0 Å². The van der Waals surface area contributed by atoms with Crippen LogP contribution in [-0.2, 0) is 22.1 Å². The Bertz CT molecular complexity index is 1120. The number of fused-ring (bicyclic) bond motifs is 1. The summed E-state index contributed by atoms with van der Waals surface area (Å²) >= 11 is 0. The Morgan fingerprint density at radius 3 is 2.42 bits per heavy atom. The van der Waals surface area contributed by atoms with Crippen molar-refractivity contribution in [2.24, 2.45) is 0 Å². The molecule has 0 saturated heterocycles. The molecule has 0 unspecified atom stereocenters. The molecule has 8 heteroatoms. The maximum Gasteiger partial charge on any atom is 0.416 e. The van der Waals surface area contributed by atoms with E-state index >= 15 is 0 Å². The molecule has 1 heterocycles. The summed E-state index contributed by atoms with van der Waals surface area (Å²) in [5.41, 5.74) is -1.27. The van der Waals surface area contributed by atoms with Crippen LogP contribution in [0.2, 0.25) is 0 Å². The summed E-state index contributed by atoms with van der Waals surface area (Å²) in [4.78, 5) is 17.2. The van der Waals surface area contributed by atoms with E-state index < -0.39 is 28.8 Å². The maximum absolute atomic E-state index is 13.3. The van der Waals surface area contributed by atoms with Crippen LogP contribution >= 0.6 is 0 Å². The fraction of sp³-hybridized carbons (Fsp3) is 0.391. The monoisotopic (exact) mass is 431 g/mol. The highest BCUT2D eigenvalue weighted by Gasteiger charge is 2.39. The van der Waals surface area contributed by atoms with Crippen LogP contribution in [0, 0.1) is 0 Å². The normalized spacial score (nSPS) is 17.7. The molecule has 1 aliphatic rings. The Morgan fingerprint density at radius 2 is 1.84 bits per heavy atom. The number of anilines is 1. The molecular weight excluding hydrogens is 407 g/mol. The number of hydrogen-bond donors (Lipinski definition) is 2. The number of imidazole rings is 1. The number of rotatable bonds is 5. The Morgan fingerprint density at radius 1 is 1.16 bits per heavy atom.